The number of ether oxygens (including phenoxy) is 1. The van der Waals surface area contributed by atoms with Crippen molar-refractivity contribution in [3.05, 3.63) is 65.2 Å². The zero-order chi connectivity index (χ0) is 20.1. The number of hydrogen-bond acceptors (Lipinski definition) is 5. The number of nitrogens with one attached hydrogen (secondary N) is 1. The standard InChI is InChI=1S/C21H19NO5S/c1-27-21(24)17-6-2-4-15(12-17)8-9-16-5-3-7-19(13-16)22-20(23)18-10-11-28(25,26)14-18/h2-7,12-13,18H,10-11,14H2,1H3,(H,22,23)/t18-/m0/s1. The van der Waals surface area contributed by atoms with Crippen molar-refractivity contribution in [3.63, 3.8) is 0 Å². The molecule has 28 heavy (non-hydrogen) atoms. The van der Waals surface area contributed by atoms with Crippen molar-refractivity contribution in [1.82, 2.24) is 0 Å². The molecule has 1 aliphatic heterocycles. The first kappa shape index (κ1) is 19.6. The lowest BCUT2D eigenvalue weighted by atomic mass is 10.1. The molecular formula is C21H19NO5S. The largest absolute Gasteiger partial charge is 0.465 e. The average molecular weight is 397 g/mol. The van der Waals surface area contributed by atoms with Crippen molar-refractivity contribution in [2.45, 2.75) is 6.42 Å². The maximum absolute atomic E-state index is 12.3. The van der Waals surface area contributed by atoms with Gasteiger partial charge in [0, 0.05) is 16.8 Å². The summed E-state index contributed by atoms with van der Waals surface area (Å²) in [6.07, 6.45) is 0.351. The van der Waals surface area contributed by atoms with E-state index in [2.05, 4.69) is 17.2 Å². The summed E-state index contributed by atoms with van der Waals surface area (Å²) < 4.78 is 27.8. The van der Waals surface area contributed by atoms with Crippen LogP contribution in [-0.4, -0.2) is 38.9 Å². The third kappa shape index (κ3) is 4.99. The lowest BCUT2D eigenvalue weighted by Gasteiger charge is -2.09. The van der Waals surface area contributed by atoms with E-state index in [9.17, 15) is 18.0 Å². The Labute approximate surface area is 163 Å². The second-order valence-corrected chi connectivity index (χ2v) is 8.72. The van der Waals surface area contributed by atoms with Crippen molar-refractivity contribution in [2.24, 2.45) is 5.92 Å². The first-order valence-electron chi connectivity index (χ1n) is 8.68. The predicted molar refractivity (Wildman–Crippen MR) is 106 cm³/mol. The molecule has 1 aliphatic rings. The first-order valence-corrected chi connectivity index (χ1v) is 10.5. The summed E-state index contributed by atoms with van der Waals surface area (Å²) in [4.78, 5) is 23.9. The number of carbonyl (C=O) groups is 2. The van der Waals surface area contributed by atoms with E-state index in [-0.39, 0.29) is 17.4 Å². The fourth-order valence-electron chi connectivity index (χ4n) is 2.91. The summed E-state index contributed by atoms with van der Waals surface area (Å²) in [6.45, 7) is 0. The van der Waals surface area contributed by atoms with E-state index in [1.54, 1.807) is 48.5 Å². The Morgan fingerprint density at radius 3 is 2.39 bits per heavy atom. The van der Waals surface area contributed by atoms with Crippen molar-refractivity contribution in [1.29, 1.82) is 0 Å². The topological polar surface area (TPSA) is 89.5 Å². The van der Waals surface area contributed by atoms with Gasteiger partial charge in [0.25, 0.3) is 0 Å². The van der Waals surface area contributed by atoms with Crippen LogP contribution in [0.15, 0.2) is 48.5 Å². The molecule has 7 heteroatoms. The molecule has 0 bridgehead atoms. The van der Waals surface area contributed by atoms with Crippen molar-refractivity contribution >= 4 is 27.4 Å². The van der Waals surface area contributed by atoms with Crippen LogP contribution in [0.3, 0.4) is 0 Å². The number of rotatable bonds is 3. The van der Waals surface area contributed by atoms with Crippen LogP contribution in [0, 0.1) is 17.8 Å². The molecule has 1 atom stereocenters. The van der Waals surface area contributed by atoms with Crippen molar-refractivity contribution in [2.75, 3.05) is 23.9 Å². The van der Waals surface area contributed by atoms with Gasteiger partial charge in [0.05, 0.1) is 30.1 Å². The van der Waals surface area contributed by atoms with E-state index in [4.69, 9.17) is 4.74 Å². The summed E-state index contributed by atoms with van der Waals surface area (Å²) in [6, 6.07) is 13.8. The van der Waals surface area contributed by atoms with E-state index in [1.807, 2.05) is 0 Å². The molecule has 0 aromatic heterocycles. The highest BCUT2D eigenvalue weighted by atomic mass is 32.2. The molecule has 1 heterocycles. The molecule has 2 aromatic rings. The zero-order valence-corrected chi connectivity index (χ0v) is 16.1. The van der Waals surface area contributed by atoms with Crippen LogP contribution in [0.2, 0.25) is 0 Å². The lowest BCUT2D eigenvalue weighted by molar-refractivity contribution is -0.119. The Hall–Kier alpha value is -3.11. The van der Waals surface area contributed by atoms with E-state index in [0.717, 1.165) is 0 Å². The minimum absolute atomic E-state index is 0.0568. The molecule has 1 amide bonds. The van der Waals surface area contributed by atoms with Gasteiger partial charge in [-0.15, -0.1) is 0 Å². The molecule has 0 unspecified atom stereocenters. The number of benzene rings is 2. The molecule has 0 aliphatic carbocycles. The fourth-order valence-corrected chi connectivity index (χ4v) is 4.65. The maximum atomic E-state index is 12.3. The summed E-state index contributed by atoms with van der Waals surface area (Å²) in [7, 11) is -1.79. The van der Waals surface area contributed by atoms with E-state index in [1.165, 1.54) is 7.11 Å². The number of carbonyl (C=O) groups excluding carboxylic acids is 2. The lowest BCUT2D eigenvalue weighted by Crippen LogP contribution is -2.23. The second-order valence-electron chi connectivity index (χ2n) is 6.49. The molecule has 6 nitrogen and oxygen atoms in total. The molecule has 0 spiro atoms. The third-order valence-corrected chi connectivity index (χ3v) is 6.14. The quantitative estimate of drug-likeness (QED) is 0.634. The monoisotopic (exact) mass is 397 g/mol. The molecule has 0 radical (unpaired) electrons. The predicted octanol–water partition coefficient (Wildman–Crippen LogP) is 2.25. The van der Waals surface area contributed by atoms with E-state index < -0.39 is 21.7 Å². The van der Waals surface area contributed by atoms with E-state index in [0.29, 0.717) is 28.8 Å². The average Bonchev–Trinajstić information content (AvgIpc) is 3.06. The Morgan fingerprint density at radius 1 is 1.07 bits per heavy atom. The normalized spacial score (nSPS) is 17.2. The molecule has 3 rings (SSSR count). The highest BCUT2D eigenvalue weighted by Crippen LogP contribution is 2.20. The minimum atomic E-state index is -3.11. The first-order chi connectivity index (χ1) is 13.4. The third-order valence-electron chi connectivity index (χ3n) is 4.37. The smallest absolute Gasteiger partial charge is 0.337 e. The number of hydrogen-bond donors (Lipinski definition) is 1. The van der Waals surface area contributed by atoms with Gasteiger partial charge in [-0.3, -0.25) is 4.79 Å². The Morgan fingerprint density at radius 2 is 1.75 bits per heavy atom. The summed E-state index contributed by atoms with van der Waals surface area (Å²) >= 11 is 0. The van der Waals surface area contributed by atoms with Crippen LogP contribution >= 0.6 is 0 Å². The number of sulfone groups is 1. The molecule has 144 valence electrons. The molecule has 1 N–H and O–H groups in total. The molecule has 2 aromatic carbocycles. The zero-order valence-electron chi connectivity index (χ0n) is 15.3. The Balaban J connectivity index is 1.72. The fraction of sp³-hybridized carbons (Fsp3) is 0.238. The van der Waals surface area contributed by atoms with Crippen LogP contribution in [0.4, 0.5) is 5.69 Å². The van der Waals surface area contributed by atoms with Crippen LogP contribution in [0.25, 0.3) is 0 Å². The summed E-state index contributed by atoms with van der Waals surface area (Å²) in [5.41, 5.74) is 2.32. The van der Waals surface area contributed by atoms with Crippen molar-refractivity contribution < 1.29 is 22.7 Å². The number of anilines is 1. The van der Waals surface area contributed by atoms with Gasteiger partial charge in [0.15, 0.2) is 9.84 Å². The van der Waals surface area contributed by atoms with Crippen LogP contribution in [0.1, 0.15) is 27.9 Å². The SMILES string of the molecule is COC(=O)c1cccc(C#Cc2cccc(NC(=O)[C@H]3CCS(=O)(=O)C3)c2)c1. The van der Waals surface area contributed by atoms with E-state index >= 15 is 0 Å². The summed E-state index contributed by atoms with van der Waals surface area (Å²) in [5.74, 6) is 4.69. The van der Waals surface area contributed by atoms with Gasteiger partial charge in [-0.25, -0.2) is 13.2 Å². The molecule has 1 saturated heterocycles. The number of esters is 1. The van der Waals surface area contributed by atoms with Crippen LogP contribution in [-0.2, 0) is 19.4 Å². The molecular weight excluding hydrogens is 378 g/mol. The molecule has 0 saturated carbocycles. The van der Waals surface area contributed by atoms with Gasteiger partial charge in [0.2, 0.25) is 5.91 Å². The van der Waals surface area contributed by atoms with Gasteiger partial charge < -0.3 is 10.1 Å². The number of methoxy groups -OCH3 is 1. The van der Waals surface area contributed by atoms with Crippen molar-refractivity contribution in [3.8, 4) is 11.8 Å². The number of amides is 1. The Bertz CT molecular complexity index is 1080. The highest BCUT2D eigenvalue weighted by molar-refractivity contribution is 7.91. The van der Waals surface area contributed by atoms with Crippen LogP contribution < -0.4 is 5.32 Å². The van der Waals surface area contributed by atoms with Gasteiger partial charge in [0.1, 0.15) is 0 Å². The van der Waals surface area contributed by atoms with Gasteiger partial charge in [-0.1, -0.05) is 24.0 Å². The highest BCUT2D eigenvalue weighted by Gasteiger charge is 2.32. The minimum Gasteiger partial charge on any atom is -0.465 e. The van der Waals surface area contributed by atoms with Gasteiger partial charge in [-0.05, 0) is 42.8 Å². The van der Waals surface area contributed by atoms with Gasteiger partial charge in [-0.2, -0.15) is 0 Å². The van der Waals surface area contributed by atoms with Crippen LogP contribution in [0.5, 0.6) is 0 Å². The van der Waals surface area contributed by atoms with Gasteiger partial charge >= 0.3 is 5.97 Å². The Kier molecular flexibility index (Phi) is 5.81. The second kappa shape index (κ2) is 8.28. The maximum Gasteiger partial charge on any atom is 0.337 e. The molecule has 1 fully saturated rings. The summed E-state index contributed by atoms with van der Waals surface area (Å²) in [5, 5.41) is 2.76.